The first-order valence-corrected chi connectivity index (χ1v) is 5.43. The van der Waals surface area contributed by atoms with Crippen LogP contribution in [0.25, 0.3) is 0 Å². The molecule has 1 rings (SSSR count). The first kappa shape index (κ1) is 13.4. The number of aliphatic carboxylic acids is 1. The van der Waals surface area contributed by atoms with Gasteiger partial charge in [0.1, 0.15) is 0 Å². The summed E-state index contributed by atoms with van der Waals surface area (Å²) in [6.07, 6.45) is 1.64. The van der Waals surface area contributed by atoms with E-state index in [1.807, 2.05) is 24.3 Å². The van der Waals surface area contributed by atoms with Crippen LogP contribution in [0, 0.1) is 0 Å². The summed E-state index contributed by atoms with van der Waals surface area (Å²) in [5.41, 5.74) is 2.33. The standard InChI is InChI=1S/C13H17NO3/c1-10(13(16)17)6-7-14-8-11-2-4-12(9-15)5-3-11/h2-6,14-15H,7-9H2,1H3,(H,16,17)/b10-6-. The van der Waals surface area contributed by atoms with Gasteiger partial charge in [0, 0.05) is 18.7 Å². The number of benzene rings is 1. The minimum absolute atomic E-state index is 0.0499. The second kappa shape index (κ2) is 6.83. The zero-order chi connectivity index (χ0) is 12.7. The van der Waals surface area contributed by atoms with Crippen molar-refractivity contribution in [3.8, 4) is 0 Å². The van der Waals surface area contributed by atoms with E-state index in [9.17, 15) is 4.79 Å². The van der Waals surface area contributed by atoms with Crippen LogP contribution in [0.1, 0.15) is 18.1 Å². The summed E-state index contributed by atoms with van der Waals surface area (Å²) < 4.78 is 0. The predicted molar refractivity (Wildman–Crippen MR) is 65.5 cm³/mol. The summed E-state index contributed by atoms with van der Waals surface area (Å²) in [5.74, 6) is -0.890. The molecule has 0 bridgehead atoms. The molecule has 0 aliphatic heterocycles. The minimum Gasteiger partial charge on any atom is -0.478 e. The monoisotopic (exact) mass is 235 g/mol. The maximum absolute atomic E-state index is 10.5. The van der Waals surface area contributed by atoms with Crippen LogP contribution < -0.4 is 5.32 Å². The molecule has 0 radical (unpaired) electrons. The molecule has 4 heteroatoms. The third-order valence-corrected chi connectivity index (χ3v) is 2.42. The van der Waals surface area contributed by atoms with Crippen LogP contribution in [0.3, 0.4) is 0 Å². The largest absolute Gasteiger partial charge is 0.478 e. The average molecular weight is 235 g/mol. The molecule has 0 fully saturated rings. The Bertz CT molecular complexity index is 396. The number of aliphatic hydroxyl groups excluding tert-OH is 1. The maximum Gasteiger partial charge on any atom is 0.330 e. The van der Waals surface area contributed by atoms with Crippen LogP contribution in [0.2, 0.25) is 0 Å². The molecule has 0 unspecified atom stereocenters. The van der Waals surface area contributed by atoms with Crippen molar-refractivity contribution < 1.29 is 15.0 Å². The van der Waals surface area contributed by atoms with Gasteiger partial charge in [-0.15, -0.1) is 0 Å². The Morgan fingerprint density at radius 2 is 1.88 bits per heavy atom. The van der Waals surface area contributed by atoms with E-state index >= 15 is 0 Å². The van der Waals surface area contributed by atoms with E-state index in [1.165, 1.54) is 0 Å². The van der Waals surface area contributed by atoms with E-state index in [0.717, 1.165) is 11.1 Å². The Morgan fingerprint density at radius 3 is 2.41 bits per heavy atom. The second-order valence-electron chi connectivity index (χ2n) is 3.80. The molecule has 4 nitrogen and oxygen atoms in total. The Balaban J connectivity index is 2.36. The molecule has 0 saturated carbocycles. The molecule has 1 aromatic rings. The Labute approximate surface area is 101 Å². The summed E-state index contributed by atoms with van der Waals surface area (Å²) >= 11 is 0. The first-order chi connectivity index (χ1) is 8.13. The quantitative estimate of drug-likeness (QED) is 0.513. The number of nitrogens with one attached hydrogen (secondary N) is 1. The molecule has 0 heterocycles. The third-order valence-electron chi connectivity index (χ3n) is 2.42. The van der Waals surface area contributed by atoms with Crippen molar-refractivity contribution >= 4 is 5.97 Å². The molecule has 0 aromatic heterocycles. The zero-order valence-corrected chi connectivity index (χ0v) is 9.81. The lowest BCUT2D eigenvalue weighted by molar-refractivity contribution is -0.132. The predicted octanol–water partition coefficient (Wildman–Crippen LogP) is 1.30. The number of rotatable bonds is 6. The minimum atomic E-state index is -0.890. The second-order valence-corrected chi connectivity index (χ2v) is 3.80. The number of carboxylic acids is 1. The maximum atomic E-state index is 10.5. The van der Waals surface area contributed by atoms with Gasteiger partial charge in [0.05, 0.1) is 6.61 Å². The van der Waals surface area contributed by atoms with E-state index in [-0.39, 0.29) is 6.61 Å². The Hall–Kier alpha value is -1.65. The lowest BCUT2D eigenvalue weighted by Crippen LogP contribution is -2.14. The number of carboxylic acid groups (broad SMARTS) is 1. The number of hydrogen-bond donors (Lipinski definition) is 3. The van der Waals surface area contributed by atoms with E-state index < -0.39 is 5.97 Å². The molecule has 0 aliphatic rings. The van der Waals surface area contributed by atoms with Crippen LogP contribution in [0.5, 0.6) is 0 Å². The van der Waals surface area contributed by atoms with Gasteiger partial charge in [0.15, 0.2) is 0 Å². The van der Waals surface area contributed by atoms with E-state index in [4.69, 9.17) is 10.2 Å². The summed E-state index contributed by atoms with van der Waals surface area (Å²) in [4.78, 5) is 10.5. The van der Waals surface area contributed by atoms with Gasteiger partial charge < -0.3 is 15.5 Å². The van der Waals surface area contributed by atoms with Gasteiger partial charge >= 0.3 is 5.97 Å². The summed E-state index contributed by atoms with van der Waals surface area (Å²) in [5, 5.41) is 20.6. The Morgan fingerprint density at radius 1 is 1.29 bits per heavy atom. The van der Waals surface area contributed by atoms with Crippen molar-refractivity contribution in [2.75, 3.05) is 6.54 Å². The number of aliphatic hydroxyl groups is 1. The zero-order valence-electron chi connectivity index (χ0n) is 9.81. The lowest BCUT2D eigenvalue weighted by Gasteiger charge is -2.03. The van der Waals surface area contributed by atoms with E-state index in [2.05, 4.69) is 5.32 Å². The highest BCUT2D eigenvalue weighted by Gasteiger charge is 1.98. The summed E-state index contributed by atoms with van der Waals surface area (Å²) in [6, 6.07) is 7.61. The van der Waals surface area contributed by atoms with Crippen molar-refractivity contribution in [1.29, 1.82) is 0 Å². The highest BCUT2D eigenvalue weighted by atomic mass is 16.4. The van der Waals surface area contributed by atoms with Crippen molar-refractivity contribution in [2.24, 2.45) is 0 Å². The molecule has 0 aliphatic carbocycles. The van der Waals surface area contributed by atoms with Crippen LogP contribution in [-0.2, 0) is 17.9 Å². The van der Waals surface area contributed by atoms with Crippen molar-refractivity contribution in [1.82, 2.24) is 5.32 Å². The number of hydrogen-bond acceptors (Lipinski definition) is 3. The molecule has 1 aromatic carbocycles. The average Bonchev–Trinajstić information content (AvgIpc) is 2.35. The summed E-state index contributed by atoms with van der Waals surface area (Å²) in [7, 11) is 0. The Kier molecular flexibility index (Phi) is 5.39. The SMILES string of the molecule is C/C(=C/CNCc1ccc(CO)cc1)C(=O)O. The van der Waals surface area contributed by atoms with Crippen molar-refractivity contribution in [3.05, 3.63) is 47.0 Å². The van der Waals surface area contributed by atoms with Crippen molar-refractivity contribution in [3.63, 3.8) is 0 Å². The molecule has 17 heavy (non-hydrogen) atoms. The summed E-state index contributed by atoms with van der Waals surface area (Å²) in [6.45, 7) is 2.82. The van der Waals surface area contributed by atoms with Crippen LogP contribution in [0.4, 0.5) is 0 Å². The van der Waals surface area contributed by atoms with E-state index in [0.29, 0.717) is 18.7 Å². The smallest absolute Gasteiger partial charge is 0.330 e. The van der Waals surface area contributed by atoms with Gasteiger partial charge in [-0.25, -0.2) is 4.79 Å². The normalized spacial score (nSPS) is 11.5. The molecule has 0 spiro atoms. The molecule has 3 N–H and O–H groups in total. The molecule has 0 atom stereocenters. The van der Waals surface area contributed by atoms with Crippen LogP contribution in [-0.4, -0.2) is 22.7 Å². The lowest BCUT2D eigenvalue weighted by atomic mass is 10.1. The molecular formula is C13H17NO3. The molecule has 0 saturated heterocycles. The van der Waals surface area contributed by atoms with Gasteiger partial charge in [-0.3, -0.25) is 0 Å². The van der Waals surface area contributed by atoms with Gasteiger partial charge in [-0.2, -0.15) is 0 Å². The molecule has 0 amide bonds. The highest BCUT2D eigenvalue weighted by molar-refractivity contribution is 5.85. The van der Waals surface area contributed by atoms with Crippen LogP contribution in [0.15, 0.2) is 35.9 Å². The first-order valence-electron chi connectivity index (χ1n) is 5.43. The van der Waals surface area contributed by atoms with Crippen molar-refractivity contribution in [2.45, 2.75) is 20.1 Å². The molecular weight excluding hydrogens is 218 g/mol. The fourth-order valence-electron chi connectivity index (χ4n) is 1.29. The van der Waals surface area contributed by atoms with E-state index in [1.54, 1.807) is 13.0 Å². The third kappa shape index (κ3) is 4.80. The number of carbonyl (C=O) groups is 1. The van der Waals surface area contributed by atoms with Gasteiger partial charge in [-0.05, 0) is 18.1 Å². The fraction of sp³-hybridized carbons (Fsp3) is 0.308. The van der Waals surface area contributed by atoms with Crippen LogP contribution >= 0.6 is 0 Å². The van der Waals surface area contributed by atoms with Gasteiger partial charge in [0.2, 0.25) is 0 Å². The topological polar surface area (TPSA) is 69.6 Å². The van der Waals surface area contributed by atoms with Gasteiger partial charge in [-0.1, -0.05) is 30.3 Å². The molecule has 92 valence electrons. The van der Waals surface area contributed by atoms with Gasteiger partial charge in [0.25, 0.3) is 0 Å². The highest BCUT2D eigenvalue weighted by Crippen LogP contribution is 2.03. The fourth-order valence-corrected chi connectivity index (χ4v) is 1.29.